The Hall–Kier alpha value is -4.13. The highest BCUT2D eigenvalue weighted by Gasteiger charge is 2.18. The molecular formula is C19H14BrN5O7. The van der Waals surface area contributed by atoms with Crippen LogP contribution in [0.15, 0.2) is 55.5 Å². The predicted molar refractivity (Wildman–Crippen MR) is 118 cm³/mol. The van der Waals surface area contributed by atoms with Crippen molar-refractivity contribution < 1.29 is 15.0 Å². The SMILES string of the molecule is CCc1cc(Br)ccc1-n1c(O)c(C=Nc2cc([N+](=O)[O-])cc([N+](=O)[O-])c2)c(=O)[nH]c1=O. The summed E-state index contributed by atoms with van der Waals surface area (Å²) in [4.78, 5) is 51.1. The molecule has 2 aromatic carbocycles. The molecule has 0 unspecified atom stereocenters. The van der Waals surface area contributed by atoms with Crippen molar-refractivity contribution in [2.45, 2.75) is 13.3 Å². The molecule has 13 heteroatoms. The first-order chi connectivity index (χ1) is 15.1. The number of benzene rings is 2. The average Bonchev–Trinajstić information content (AvgIpc) is 2.73. The van der Waals surface area contributed by atoms with Crippen molar-refractivity contribution in [1.82, 2.24) is 9.55 Å². The van der Waals surface area contributed by atoms with Crippen LogP contribution in [0.4, 0.5) is 17.1 Å². The summed E-state index contributed by atoms with van der Waals surface area (Å²) in [5.41, 5.74) is -2.57. The van der Waals surface area contributed by atoms with Crippen LogP contribution >= 0.6 is 15.9 Å². The van der Waals surface area contributed by atoms with Crippen LogP contribution in [0.5, 0.6) is 5.88 Å². The van der Waals surface area contributed by atoms with Gasteiger partial charge in [0.1, 0.15) is 5.56 Å². The van der Waals surface area contributed by atoms with Crippen LogP contribution in [0, 0.1) is 20.2 Å². The Morgan fingerprint density at radius 1 is 1.12 bits per heavy atom. The molecule has 164 valence electrons. The molecule has 0 fully saturated rings. The van der Waals surface area contributed by atoms with E-state index in [9.17, 15) is 34.9 Å². The Balaban J connectivity index is 2.17. The third kappa shape index (κ3) is 4.46. The third-order valence-electron chi connectivity index (χ3n) is 4.44. The zero-order valence-corrected chi connectivity index (χ0v) is 17.9. The first-order valence-electron chi connectivity index (χ1n) is 8.97. The first-order valence-corrected chi connectivity index (χ1v) is 9.76. The molecule has 3 rings (SSSR count). The van der Waals surface area contributed by atoms with Gasteiger partial charge in [-0.15, -0.1) is 0 Å². The van der Waals surface area contributed by atoms with Crippen LogP contribution in [0.3, 0.4) is 0 Å². The summed E-state index contributed by atoms with van der Waals surface area (Å²) in [5, 5.41) is 32.7. The molecule has 3 aromatic rings. The maximum Gasteiger partial charge on any atom is 0.335 e. The number of nitrogens with one attached hydrogen (secondary N) is 1. The summed E-state index contributed by atoms with van der Waals surface area (Å²) in [6.07, 6.45) is 1.39. The van der Waals surface area contributed by atoms with E-state index in [1.165, 1.54) is 0 Å². The number of nitro groups is 2. The minimum Gasteiger partial charge on any atom is -0.493 e. The van der Waals surface area contributed by atoms with Crippen molar-refractivity contribution in [3.8, 4) is 11.6 Å². The lowest BCUT2D eigenvalue weighted by Gasteiger charge is -2.13. The van der Waals surface area contributed by atoms with Crippen LogP contribution < -0.4 is 11.2 Å². The Morgan fingerprint density at radius 3 is 2.31 bits per heavy atom. The van der Waals surface area contributed by atoms with Gasteiger partial charge >= 0.3 is 5.69 Å². The molecule has 0 radical (unpaired) electrons. The molecule has 0 aliphatic rings. The van der Waals surface area contributed by atoms with E-state index in [1.807, 2.05) is 6.92 Å². The summed E-state index contributed by atoms with van der Waals surface area (Å²) in [5.74, 6) is -0.709. The molecule has 0 bridgehead atoms. The van der Waals surface area contributed by atoms with Crippen LogP contribution in [-0.2, 0) is 6.42 Å². The van der Waals surface area contributed by atoms with Gasteiger partial charge in [0, 0.05) is 22.8 Å². The number of nitrogens with zero attached hydrogens (tertiary/aromatic N) is 4. The van der Waals surface area contributed by atoms with Crippen molar-refractivity contribution >= 4 is 39.2 Å². The van der Waals surface area contributed by atoms with Gasteiger partial charge in [0.15, 0.2) is 0 Å². The van der Waals surface area contributed by atoms with E-state index in [1.54, 1.807) is 18.2 Å². The number of hydrogen-bond donors (Lipinski definition) is 2. The maximum atomic E-state index is 12.4. The van der Waals surface area contributed by atoms with E-state index in [4.69, 9.17) is 0 Å². The average molecular weight is 504 g/mol. The molecule has 0 aliphatic heterocycles. The van der Waals surface area contributed by atoms with Gasteiger partial charge in [-0.25, -0.2) is 9.36 Å². The smallest absolute Gasteiger partial charge is 0.335 e. The number of nitro benzene ring substituents is 2. The van der Waals surface area contributed by atoms with Crippen LogP contribution in [0.25, 0.3) is 5.69 Å². The number of rotatable bonds is 6. The third-order valence-corrected chi connectivity index (χ3v) is 4.93. The highest BCUT2D eigenvalue weighted by molar-refractivity contribution is 9.10. The summed E-state index contributed by atoms with van der Waals surface area (Å²) in [6.45, 7) is 1.84. The standard InChI is InChI=1S/C19H14BrN5O7/c1-2-10-5-11(20)3-4-16(10)23-18(27)15(17(26)22-19(23)28)9-21-12-6-13(24(29)30)8-14(7-12)25(31)32/h3-9,27H,2H2,1H3,(H,22,26,28). The normalized spacial score (nSPS) is 11.1. The molecule has 0 amide bonds. The van der Waals surface area contributed by atoms with Crippen LogP contribution in [0.1, 0.15) is 18.1 Å². The number of non-ortho nitro benzene ring substituents is 2. The zero-order chi connectivity index (χ0) is 23.6. The topological polar surface area (TPSA) is 174 Å². The molecule has 12 nitrogen and oxygen atoms in total. The van der Waals surface area contributed by atoms with Gasteiger partial charge in [-0.1, -0.05) is 22.9 Å². The van der Waals surface area contributed by atoms with Gasteiger partial charge in [-0.3, -0.25) is 35.0 Å². The summed E-state index contributed by atoms with van der Waals surface area (Å²) in [6, 6.07) is 7.68. The van der Waals surface area contributed by atoms with Crippen LogP contribution in [0.2, 0.25) is 0 Å². The van der Waals surface area contributed by atoms with E-state index >= 15 is 0 Å². The van der Waals surface area contributed by atoms with Crippen molar-refractivity contribution in [2.24, 2.45) is 4.99 Å². The Morgan fingerprint density at radius 2 is 1.75 bits per heavy atom. The lowest BCUT2D eigenvalue weighted by molar-refractivity contribution is -0.394. The molecule has 0 spiro atoms. The van der Waals surface area contributed by atoms with E-state index in [0.717, 1.165) is 33.5 Å². The number of aryl methyl sites for hydroxylation is 1. The lowest BCUT2D eigenvalue weighted by atomic mass is 10.1. The number of halogens is 1. The maximum absolute atomic E-state index is 12.4. The molecule has 0 atom stereocenters. The quantitative estimate of drug-likeness (QED) is 0.295. The highest BCUT2D eigenvalue weighted by atomic mass is 79.9. The molecule has 32 heavy (non-hydrogen) atoms. The number of aliphatic imine (C=N–C) groups is 1. The fourth-order valence-electron chi connectivity index (χ4n) is 2.94. The molecule has 2 N–H and O–H groups in total. The zero-order valence-electron chi connectivity index (χ0n) is 16.3. The van der Waals surface area contributed by atoms with Crippen molar-refractivity contribution in [3.63, 3.8) is 0 Å². The second-order valence-electron chi connectivity index (χ2n) is 6.44. The van der Waals surface area contributed by atoms with E-state index in [2.05, 4.69) is 25.9 Å². The molecular weight excluding hydrogens is 490 g/mol. The van der Waals surface area contributed by atoms with Crippen LogP contribution in [-0.4, -0.2) is 30.7 Å². The lowest BCUT2D eigenvalue weighted by Crippen LogP contribution is -2.31. The molecule has 0 saturated heterocycles. The predicted octanol–water partition coefficient (Wildman–Crippen LogP) is 3.12. The minimum absolute atomic E-state index is 0.194. The fourth-order valence-corrected chi connectivity index (χ4v) is 3.35. The largest absolute Gasteiger partial charge is 0.493 e. The Kier molecular flexibility index (Phi) is 6.30. The molecule has 0 aliphatic carbocycles. The van der Waals surface area contributed by atoms with Gasteiger partial charge in [0.25, 0.3) is 16.9 Å². The highest BCUT2D eigenvalue weighted by Crippen LogP contribution is 2.28. The number of hydrogen-bond acceptors (Lipinski definition) is 8. The Bertz CT molecular complexity index is 1360. The fraction of sp³-hybridized carbons (Fsp3) is 0.105. The van der Waals surface area contributed by atoms with Gasteiger partial charge in [0.05, 0.1) is 27.3 Å². The number of aromatic nitrogens is 2. The van der Waals surface area contributed by atoms with Gasteiger partial charge in [0.2, 0.25) is 5.88 Å². The summed E-state index contributed by atoms with van der Waals surface area (Å²) < 4.78 is 1.65. The van der Waals surface area contributed by atoms with Gasteiger partial charge < -0.3 is 5.11 Å². The minimum atomic E-state index is -0.956. The number of H-pyrrole nitrogens is 1. The van der Waals surface area contributed by atoms with E-state index < -0.39 is 43.9 Å². The van der Waals surface area contributed by atoms with Crippen molar-refractivity contribution in [1.29, 1.82) is 0 Å². The molecule has 0 saturated carbocycles. The first kappa shape index (κ1) is 22.6. The van der Waals surface area contributed by atoms with Crippen molar-refractivity contribution in [2.75, 3.05) is 0 Å². The molecule has 1 aromatic heterocycles. The van der Waals surface area contributed by atoms with Gasteiger partial charge in [-0.2, -0.15) is 0 Å². The summed E-state index contributed by atoms with van der Waals surface area (Å²) >= 11 is 3.33. The van der Waals surface area contributed by atoms with E-state index in [-0.39, 0.29) is 5.69 Å². The van der Waals surface area contributed by atoms with Crippen molar-refractivity contribution in [3.05, 3.63) is 93.1 Å². The number of aromatic amines is 1. The number of aromatic hydroxyl groups is 1. The second kappa shape index (κ2) is 8.93. The second-order valence-corrected chi connectivity index (χ2v) is 7.35. The van der Waals surface area contributed by atoms with E-state index in [0.29, 0.717) is 17.7 Å². The van der Waals surface area contributed by atoms with Gasteiger partial charge in [-0.05, 0) is 30.2 Å². The Labute approximate surface area is 186 Å². The molecule has 1 heterocycles. The monoisotopic (exact) mass is 503 g/mol. The summed E-state index contributed by atoms with van der Waals surface area (Å²) in [7, 11) is 0.